The maximum absolute atomic E-state index is 13.3. The van der Waals surface area contributed by atoms with Gasteiger partial charge in [0.2, 0.25) is 5.91 Å². The topological polar surface area (TPSA) is 113 Å². The number of hydrogen-bond donors (Lipinski definition) is 1. The van der Waals surface area contributed by atoms with Crippen molar-refractivity contribution in [2.24, 2.45) is 5.73 Å². The fourth-order valence-corrected chi connectivity index (χ4v) is 2.46. The van der Waals surface area contributed by atoms with Crippen LogP contribution in [0.3, 0.4) is 0 Å². The Hall–Kier alpha value is -2.53. The summed E-state index contributed by atoms with van der Waals surface area (Å²) in [6.07, 6.45) is -1.03. The predicted molar refractivity (Wildman–Crippen MR) is 75.4 cm³/mol. The Morgan fingerprint density at radius 1 is 1.55 bits per heavy atom. The number of nitro groups is 1. The van der Waals surface area contributed by atoms with Crippen molar-refractivity contribution in [1.29, 1.82) is 5.26 Å². The fourth-order valence-electron chi connectivity index (χ4n) is 2.46. The van der Waals surface area contributed by atoms with Crippen molar-refractivity contribution in [3.8, 4) is 6.07 Å². The number of non-ortho nitro benzene ring substituents is 1. The molecule has 1 amide bonds. The molecule has 0 spiro atoms. The Kier molecular flexibility index (Phi) is 4.68. The molecule has 0 bridgehead atoms. The van der Waals surface area contributed by atoms with Crippen LogP contribution in [0.25, 0.3) is 0 Å². The number of hydrogen-bond acceptors (Lipinski definition) is 5. The molecule has 7 nitrogen and oxygen atoms in total. The third kappa shape index (κ3) is 3.38. The Labute approximate surface area is 126 Å². The van der Waals surface area contributed by atoms with Gasteiger partial charge in [0.1, 0.15) is 12.2 Å². The summed E-state index contributed by atoms with van der Waals surface area (Å²) in [5.41, 5.74) is 6.45. The summed E-state index contributed by atoms with van der Waals surface area (Å²) in [5.74, 6) is -0.481. The molecule has 3 atom stereocenters. The Bertz CT molecular complexity index is 614. The van der Waals surface area contributed by atoms with Gasteiger partial charge in [0, 0.05) is 18.6 Å². The second-order valence-corrected chi connectivity index (χ2v) is 5.20. The zero-order valence-corrected chi connectivity index (χ0v) is 11.7. The molecule has 0 unspecified atom stereocenters. The van der Waals surface area contributed by atoms with Gasteiger partial charge in [0.15, 0.2) is 0 Å². The molecule has 0 aliphatic carbocycles. The third-order valence-corrected chi connectivity index (χ3v) is 3.60. The largest absolute Gasteiger partial charge is 0.322 e. The molecule has 0 radical (unpaired) electrons. The highest BCUT2D eigenvalue weighted by Crippen LogP contribution is 2.21. The molecule has 2 rings (SSSR count). The minimum absolute atomic E-state index is 0.00644. The average molecular weight is 306 g/mol. The summed E-state index contributed by atoms with van der Waals surface area (Å²) in [5, 5.41) is 19.5. The standard InChI is InChI=1S/C14H15FN4O3/c15-10-6-12(7-16)18(8-10)14(20)13(17)5-9-1-3-11(4-2-9)19(21)22/h1-4,10,12-13H,5-6,8,17H2/t10-,12-,13-/m0/s1. The van der Waals surface area contributed by atoms with E-state index >= 15 is 0 Å². The molecule has 1 aromatic rings. The van der Waals surface area contributed by atoms with Crippen LogP contribution in [0.15, 0.2) is 24.3 Å². The second-order valence-electron chi connectivity index (χ2n) is 5.20. The second kappa shape index (κ2) is 6.49. The molecule has 1 saturated heterocycles. The number of benzene rings is 1. The van der Waals surface area contributed by atoms with E-state index in [2.05, 4.69) is 0 Å². The van der Waals surface area contributed by atoms with Crippen LogP contribution in [0, 0.1) is 21.4 Å². The van der Waals surface area contributed by atoms with Gasteiger partial charge in [0.25, 0.3) is 5.69 Å². The molecule has 1 aliphatic heterocycles. The fraction of sp³-hybridized carbons (Fsp3) is 0.429. The number of halogens is 1. The van der Waals surface area contributed by atoms with Gasteiger partial charge in [-0.15, -0.1) is 0 Å². The summed E-state index contributed by atoms with van der Waals surface area (Å²) in [4.78, 5) is 23.4. The van der Waals surface area contributed by atoms with E-state index in [1.807, 2.05) is 6.07 Å². The van der Waals surface area contributed by atoms with E-state index in [9.17, 15) is 19.3 Å². The van der Waals surface area contributed by atoms with Gasteiger partial charge >= 0.3 is 0 Å². The molecule has 8 heteroatoms. The smallest absolute Gasteiger partial charge is 0.269 e. The molecule has 1 aliphatic rings. The van der Waals surface area contributed by atoms with Gasteiger partial charge in [-0.1, -0.05) is 12.1 Å². The molecule has 0 saturated carbocycles. The molecule has 2 N–H and O–H groups in total. The van der Waals surface area contributed by atoms with E-state index in [1.165, 1.54) is 29.2 Å². The van der Waals surface area contributed by atoms with Crippen molar-refractivity contribution >= 4 is 11.6 Å². The number of nitrogens with zero attached hydrogens (tertiary/aromatic N) is 3. The maximum Gasteiger partial charge on any atom is 0.269 e. The first-order chi connectivity index (χ1) is 10.4. The molecular weight excluding hydrogens is 291 g/mol. The predicted octanol–water partition coefficient (Wildman–Crippen LogP) is 0.927. The first-order valence-electron chi connectivity index (χ1n) is 6.75. The number of carbonyl (C=O) groups is 1. The quantitative estimate of drug-likeness (QED) is 0.656. The van der Waals surface area contributed by atoms with Crippen LogP contribution in [-0.4, -0.2) is 40.5 Å². The van der Waals surface area contributed by atoms with Crippen molar-refractivity contribution in [2.45, 2.75) is 31.1 Å². The average Bonchev–Trinajstić information content (AvgIpc) is 2.88. The van der Waals surface area contributed by atoms with E-state index in [0.29, 0.717) is 5.56 Å². The molecule has 1 aromatic carbocycles. The number of nitriles is 1. The minimum atomic E-state index is -1.21. The number of alkyl halides is 1. The molecular formula is C14H15FN4O3. The highest BCUT2D eigenvalue weighted by atomic mass is 19.1. The lowest BCUT2D eigenvalue weighted by molar-refractivity contribution is -0.384. The van der Waals surface area contributed by atoms with Crippen LogP contribution >= 0.6 is 0 Å². The number of rotatable bonds is 4. The zero-order valence-electron chi connectivity index (χ0n) is 11.7. The van der Waals surface area contributed by atoms with Crippen molar-refractivity contribution in [3.63, 3.8) is 0 Å². The highest BCUT2D eigenvalue weighted by molar-refractivity contribution is 5.83. The number of nitro benzene ring substituents is 1. The van der Waals surface area contributed by atoms with Crippen LogP contribution in [-0.2, 0) is 11.2 Å². The number of nitrogens with two attached hydrogens (primary N) is 1. The Balaban J connectivity index is 2.02. The summed E-state index contributed by atoms with van der Waals surface area (Å²) in [7, 11) is 0. The SMILES string of the molecule is N#C[C@@H]1C[C@H](F)CN1C(=O)[C@@H](N)Cc1ccc([N+](=O)[O-])cc1. The monoisotopic (exact) mass is 306 g/mol. The highest BCUT2D eigenvalue weighted by Gasteiger charge is 2.37. The van der Waals surface area contributed by atoms with Crippen molar-refractivity contribution in [3.05, 3.63) is 39.9 Å². The summed E-state index contributed by atoms with van der Waals surface area (Å²) < 4.78 is 13.3. The van der Waals surface area contributed by atoms with Crippen LogP contribution in [0.1, 0.15) is 12.0 Å². The van der Waals surface area contributed by atoms with E-state index in [4.69, 9.17) is 11.0 Å². The number of carbonyl (C=O) groups excluding carboxylic acids is 1. The summed E-state index contributed by atoms with van der Waals surface area (Å²) in [6.45, 7) is -0.120. The van der Waals surface area contributed by atoms with E-state index in [0.717, 1.165) is 0 Å². The lowest BCUT2D eigenvalue weighted by atomic mass is 10.0. The van der Waals surface area contributed by atoms with Crippen LogP contribution < -0.4 is 5.73 Å². The van der Waals surface area contributed by atoms with Gasteiger partial charge in [-0.2, -0.15) is 5.26 Å². The van der Waals surface area contributed by atoms with Crippen LogP contribution in [0.2, 0.25) is 0 Å². The van der Waals surface area contributed by atoms with Crippen molar-refractivity contribution in [2.75, 3.05) is 6.54 Å². The van der Waals surface area contributed by atoms with E-state index in [1.54, 1.807) is 0 Å². The molecule has 1 heterocycles. The van der Waals surface area contributed by atoms with Gasteiger partial charge in [-0.05, 0) is 12.0 Å². The molecule has 0 aromatic heterocycles. The normalized spacial score (nSPS) is 22.1. The third-order valence-electron chi connectivity index (χ3n) is 3.60. The number of likely N-dealkylation sites (tertiary alicyclic amines) is 1. The van der Waals surface area contributed by atoms with Crippen molar-refractivity contribution in [1.82, 2.24) is 4.90 Å². The van der Waals surface area contributed by atoms with Gasteiger partial charge in [0.05, 0.1) is 23.6 Å². The molecule has 116 valence electrons. The molecule has 1 fully saturated rings. The molecule has 22 heavy (non-hydrogen) atoms. The Morgan fingerprint density at radius 3 is 2.73 bits per heavy atom. The maximum atomic E-state index is 13.3. The number of amides is 1. The lowest BCUT2D eigenvalue weighted by Gasteiger charge is -2.23. The van der Waals surface area contributed by atoms with E-state index in [-0.39, 0.29) is 25.1 Å². The minimum Gasteiger partial charge on any atom is -0.322 e. The van der Waals surface area contributed by atoms with Crippen molar-refractivity contribution < 1.29 is 14.1 Å². The van der Waals surface area contributed by atoms with E-state index < -0.39 is 29.1 Å². The lowest BCUT2D eigenvalue weighted by Crippen LogP contribution is -2.46. The summed E-state index contributed by atoms with van der Waals surface area (Å²) in [6, 6.07) is 5.91. The van der Waals surface area contributed by atoms with Gasteiger partial charge < -0.3 is 10.6 Å². The Morgan fingerprint density at radius 2 is 2.18 bits per heavy atom. The van der Waals surface area contributed by atoms with Gasteiger partial charge in [-0.3, -0.25) is 14.9 Å². The summed E-state index contributed by atoms with van der Waals surface area (Å²) >= 11 is 0. The van der Waals surface area contributed by atoms with Gasteiger partial charge in [-0.25, -0.2) is 4.39 Å². The van der Waals surface area contributed by atoms with Crippen LogP contribution in [0.4, 0.5) is 10.1 Å². The first-order valence-corrected chi connectivity index (χ1v) is 6.75. The first kappa shape index (κ1) is 15.9. The van der Waals surface area contributed by atoms with Crippen LogP contribution in [0.5, 0.6) is 0 Å². The zero-order chi connectivity index (χ0) is 16.3.